The molecule has 0 spiro atoms. The molecule has 24 heavy (non-hydrogen) atoms. The topological polar surface area (TPSA) is 71.5 Å². The number of nitrogens with zero attached hydrogens (tertiary/aromatic N) is 2. The predicted molar refractivity (Wildman–Crippen MR) is 92.3 cm³/mol. The van der Waals surface area contributed by atoms with Crippen LogP contribution in [0, 0.1) is 5.92 Å². The monoisotopic (exact) mass is 345 g/mol. The first-order valence-electron chi connectivity index (χ1n) is 7.78. The Labute approximate surface area is 144 Å². The van der Waals surface area contributed by atoms with E-state index in [1.807, 2.05) is 29.6 Å². The molecule has 1 N–H and O–H groups in total. The normalized spacial score (nSPS) is 17.1. The third kappa shape index (κ3) is 3.56. The standard InChI is InChI=1S/C17H19N3O3S/c1-23-14-5-3-2-4-13(14)20-11-12(10-16(20)21)17(22)19-7-6-15-18-8-9-24-15/h2-5,8-9,12H,6-7,10-11H2,1H3,(H,19,22). The summed E-state index contributed by atoms with van der Waals surface area (Å²) in [5.41, 5.74) is 0.711. The van der Waals surface area contributed by atoms with Crippen molar-refractivity contribution in [3.8, 4) is 5.75 Å². The zero-order valence-electron chi connectivity index (χ0n) is 13.4. The highest BCUT2D eigenvalue weighted by atomic mass is 32.1. The highest BCUT2D eigenvalue weighted by molar-refractivity contribution is 7.09. The van der Waals surface area contributed by atoms with Crippen molar-refractivity contribution in [1.29, 1.82) is 0 Å². The SMILES string of the molecule is COc1ccccc1N1CC(C(=O)NCCc2nccs2)CC1=O. The van der Waals surface area contributed by atoms with Gasteiger partial charge in [-0.05, 0) is 12.1 Å². The molecule has 0 bridgehead atoms. The van der Waals surface area contributed by atoms with E-state index in [2.05, 4.69) is 10.3 Å². The van der Waals surface area contributed by atoms with Crippen molar-refractivity contribution in [2.45, 2.75) is 12.8 Å². The molecule has 126 valence electrons. The summed E-state index contributed by atoms with van der Waals surface area (Å²) in [6, 6.07) is 7.35. The number of nitrogens with one attached hydrogen (secondary N) is 1. The fourth-order valence-corrected chi connectivity index (χ4v) is 3.40. The molecule has 6 nitrogen and oxygen atoms in total. The number of hydrogen-bond acceptors (Lipinski definition) is 5. The minimum Gasteiger partial charge on any atom is -0.495 e. The van der Waals surface area contributed by atoms with Gasteiger partial charge in [-0.3, -0.25) is 9.59 Å². The first kappa shape index (κ1) is 16.4. The summed E-state index contributed by atoms with van der Waals surface area (Å²) < 4.78 is 5.31. The fraction of sp³-hybridized carbons (Fsp3) is 0.353. The van der Waals surface area contributed by atoms with Crippen LogP contribution in [0.5, 0.6) is 5.75 Å². The maximum absolute atomic E-state index is 12.3. The number of thiazole rings is 1. The molecule has 1 saturated heterocycles. The van der Waals surface area contributed by atoms with Crippen LogP contribution in [-0.4, -0.2) is 37.0 Å². The maximum atomic E-state index is 12.3. The van der Waals surface area contributed by atoms with Gasteiger partial charge in [0.2, 0.25) is 11.8 Å². The lowest BCUT2D eigenvalue weighted by Crippen LogP contribution is -2.34. The number of carbonyl (C=O) groups excluding carboxylic acids is 2. The molecule has 1 aliphatic rings. The zero-order valence-corrected chi connectivity index (χ0v) is 14.2. The van der Waals surface area contributed by atoms with Gasteiger partial charge in [-0.15, -0.1) is 11.3 Å². The minimum absolute atomic E-state index is 0.0560. The Bertz CT molecular complexity index is 718. The van der Waals surface area contributed by atoms with Crippen LogP contribution in [0.25, 0.3) is 0 Å². The van der Waals surface area contributed by atoms with Crippen LogP contribution in [0.15, 0.2) is 35.8 Å². The molecule has 0 saturated carbocycles. The van der Waals surface area contributed by atoms with Crippen LogP contribution in [0.3, 0.4) is 0 Å². The Balaban J connectivity index is 1.58. The summed E-state index contributed by atoms with van der Waals surface area (Å²) in [6.45, 7) is 0.911. The molecular formula is C17H19N3O3S. The van der Waals surface area contributed by atoms with E-state index < -0.39 is 0 Å². The summed E-state index contributed by atoms with van der Waals surface area (Å²) in [4.78, 5) is 30.4. The van der Waals surface area contributed by atoms with E-state index in [4.69, 9.17) is 4.74 Å². The van der Waals surface area contributed by atoms with Crippen molar-refractivity contribution >= 4 is 28.8 Å². The van der Waals surface area contributed by atoms with Gasteiger partial charge in [0.15, 0.2) is 0 Å². The van der Waals surface area contributed by atoms with Gasteiger partial charge in [-0.1, -0.05) is 12.1 Å². The summed E-state index contributed by atoms with van der Waals surface area (Å²) in [5.74, 6) is 0.159. The Morgan fingerprint density at radius 2 is 2.29 bits per heavy atom. The van der Waals surface area contributed by atoms with E-state index in [-0.39, 0.29) is 24.2 Å². The number of amides is 2. The molecule has 1 aliphatic heterocycles. The first-order valence-corrected chi connectivity index (χ1v) is 8.66. The summed E-state index contributed by atoms with van der Waals surface area (Å²) in [5, 5.41) is 5.81. The second kappa shape index (κ2) is 7.44. The Morgan fingerprint density at radius 3 is 3.04 bits per heavy atom. The Kier molecular flexibility index (Phi) is 5.10. The largest absolute Gasteiger partial charge is 0.495 e. The van der Waals surface area contributed by atoms with E-state index in [0.717, 1.165) is 5.01 Å². The van der Waals surface area contributed by atoms with Crippen LogP contribution in [-0.2, 0) is 16.0 Å². The van der Waals surface area contributed by atoms with Gasteiger partial charge in [-0.2, -0.15) is 0 Å². The second-order valence-electron chi connectivity index (χ2n) is 5.54. The first-order chi connectivity index (χ1) is 11.7. The number of methoxy groups -OCH3 is 1. The Morgan fingerprint density at radius 1 is 1.46 bits per heavy atom. The maximum Gasteiger partial charge on any atom is 0.227 e. The molecule has 1 aromatic carbocycles. The van der Waals surface area contributed by atoms with Gasteiger partial charge in [0.25, 0.3) is 0 Å². The number of benzene rings is 1. The third-order valence-corrected chi connectivity index (χ3v) is 4.83. The van der Waals surface area contributed by atoms with E-state index in [9.17, 15) is 9.59 Å². The van der Waals surface area contributed by atoms with Gasteiger partial charge in [0, 0.05) is 37.5 Å². The average molecular weight is 345 g/mol. The highest BCUT2D eigenvalue weighted by Crippen LogP contribution is 2.32. The predicted octanol–water partition coefficient (Wildman–Crippen LogP) is 1.86. The molecule has 7 heteroatoms. The van der Waals surface area contributed by atoms with Crippen molar-refractivity contribution in [2.75, 3.05) is 25.1 Å². The number of para-hydroxylation sites is 2. The second-order valence-corrected chi connectivity index (χ2v) is 6.52. The van der Waals surface area contributed by atoms with Crippen molar-refractivity contribution < 1.29 is 14.3 Å². The minimum atomic E-state index is -0.335. The van der Waals surface area contributed by atoms with Gasteiger partial charge in [0.1, 0.15) is 5.75 Å². The van der Waals surface area contributed by atoms with Crippen LogP contribution in [0.4, 0.5) is 5.69 Å². The third-order valence-electron chi connectivity index (χ3n) is 3.99. The molecule has 0 aliphatic carbocycles. The molecule has 2 amide bonds. The number of anilines is 1. The number of carbonyl (C=O) groups is 2. The number of hydrogen-bond donors (Lipinski definition) is 1. The molecule has 1 aromatic heterocycles. The smallest absolute Gasteiger partial charge is 0.227 e. The Hall–Kier alpha value is -2.41. The molecule has 2 aromatic rings. The highest BCUT2D eigenvalue weighted by Gasteiger charge is 2.36. The summed E-state index contributed by atoms with van der Waals surface area (Å²) in [6.07, 6.45) is 2.68. The van der Waals surface area contributed by atoms with E-state index in [0.29, 0.717) is 30.9 Å². The number of aromatic nitrogens is 1. The van der Waals surface area contributed by atoms with Gasteiger partial charge < -0.3 is 15.0 Å². The molecule has 0 radical (unpaired) electrons. The lowest BCUT2D eigenvalue weighted by molar-refractivity contribution is -0.126. The van der Waals surface area contributed by atoms with E-state index in [1.54, 1.807) is 29.5 Å². The lowest BCUT2D eigenvalue weighted by Gasteiger charge is -2.19. The molecule has 1 atom stereocenters. The van der Waals surface area contributed by atoms with Crippen molar-refractivity contribution in [3.05, 3.63) is 40.8 Å². The van der Waals surface area contributed by atoms with Crippen LogP contribution in [0.2, 0.25) is 0 Å². The average Bonchev–Trinajstić information content (AvgIpc) is 3.24. The molecule has 1 fully saturated rings. The van der Waals surface area contributed by atoms with Gasteiger partial charge in [0.05, 0.1) is 23.7 Å². The molecule has 1 unspecified atom stereocenters. The number of ether oxygens (including phenoxy) is 1. The van der Waals surface area contributed by atoms with Crippen LogP contribution in [0.1, 0.15) is 11.4 Å². The lowest BCUT2D eigenvalue weighted by atomic mass is 10.1. The molecular weight excluding hydrogens is 326 g/mol. The summed E-state index contributed by atoms with van der Waals surface area (Å²) >= 11 is 1.57. The number of rotatable bonds is 6. The van der Waals surface area contributed by atoms with Crippen LogP contribution >= 0.6 is 11.3 Å². The molecule has 2 heterocycles. The van der Waals surface area contributed by atoms with E-state index >= 15 is 0 Å². The van der Waals surface area contributed by atoms with Crippen molar-refractivity contribution in [1.82, 2.24) is 10.3 Å². The van der Waals surface area contributed by atoms with Gasteiger partial charge in [-0.25, -0.2) is 4.98 Å². The van der Waals surface area contributed by atoms with Crippen molar-refractivity contribution in [2.24, 2.45) is 5.92 Å². The molecule has 3 rings (SSSR count). The quantitative estimate of drug-likeness (QED) is 0.867. The van der Waals surface area contributed by atoms with Crippen molar-refractivity contribution in [3.63, 3.8) is 0 Å². The van der Waals surface area contributed by atoms with E-state index in [1.165, 1.54) is 0 Å². The summed E-state index contributed by atoms with van der Waals surface area (Å²) in [7, 11) is 1.57. The van der Waals surface area contributed by atoms with Crippen LogP contribution < -0.4 is 15.0 Å². The zero-order chi connectivity index (χ0) is 16.9. The fourth-order valence-electron chi connectivity index (χ4n) is 2.78. The van der Waals surface area contributed by atoms with Gasteiger partial charge >= 0.3 is 0 Å².